The van der Waals surface area contributed by atoms with E-state index in [1.807, 2.05) is 11.8 Å². The van der Waals surface area contributed by atoms with Gasteiger partial charge in [0.25, 0.3) is 0 Å². The van der Waals surface area contributed by atoms with Crippen LogP contribution in [0.4, 0.5) is 0 Å². The molecule has 0 spiro atoms. The van der Waals surface area contributed by atoms with Gasteiger partial charge in [0.15, 0.2) is 0 Å². The van der Waals surface area contributed by atoms with Gasteiger partial charge in [-0.05, 0) is 19.8 Å². The molecule has 5 nitrogen and oxygen atoms in total. The fraction of sp³-hybridized carbons (Fsp3) is 0.818. The van der Waals surface area contributed by atoms with Crippen LogP contribution in [0.2, 0.25) is 0 Å². The molecule has 90 valence electrons. The van der Waals surface area contributed by atoms with Crippen LogP contribution in [0.15, 0.2) is 0 Å². The van der Waals surface area contributed by atoms with Crippen molar-refractivity contribution in [2.24, 2.45) is 0 Å². The first-order chi connectivity index (χ1) is 7.68. The number of likely N-dealkylation sites (tertiary alicyclic amines) is 1. The average molecular weight is 226 g/mol. The summed E-state index contributed by atoms with van der Waals surface area (Å²) in [5.41, 5.74) is -0.626. The van der Waals surface area contributed by atoms with E-state index < -0.39 is 5.54 Å². The SMILES string of the molecule is CC1(C(=O)N2CCOCC2)CCCN1C=O. The zero-order chi connectivity index (χ0) is 11.6. The predicted molar refractivity (Wildman–Crippen MR) is 57.8 cm³/mol. The lowest BCUT2D eigenvalue weighted by Gasteiger charge is -2.37. The molecule has 0 aliphatic carbocycles. The van der Waals surface area contributed by atoms with Gasteiger partial charge in [-0.25, -0.2) is 0 Å². The molecule has 2 saturated heterocycles. The first kappa shape index (κ1) is 11.4. The van der Waals surface area contributed by atoms with Crippen LogP contribution in [0.5, 0.6) is 0 Å². The van der Waals surface area contributed by atoms with Crippen LogP contribution in [-0.2, 0) is 14.3 Å². The molecular formula is C11H18N2O3. The van der Waals surface area contributed by atoms with Crippen LogP contribution < -0.4 is 0 Å². The van der Waals surface area contributed by atoms with Crippen LogP contribution in [0.3, 0.4) is 0 Å². The molecule has 0 aromatic carbocycles. The summed E-state index contributed by atoms with van der Waals surface area (Å²) < 4.78 is 5.22. The van der Waals surface area contributed by atoms with Gasteiger partial charge in [-0.3, -0.25) is 9.59 Å². The highest BCUT2D eigenvalue weighted by Crippen LogP contribution is 2.29. The Hall–Kier alpha value is -1.10. The monoisotopic (exact) mass is 226 g/mol. The van der Waals surface area contributed by atoms with Crippen molar-refractivity contribution in [3.05, 3.63) is 0 Å². The van der Waals surface area contributed by atoms with E-state index in [1.165, 1.54) is 0 Å². The van der Waals surface area contributed by atoms with Gasteiger partial charge in [0.2, 0.25) is 12.3 Å². The van der Waals surface area contributed by atoms with Crippen LogP contribution in [0, 0.1) is 0 Å². The maximum atomic E-state index is 12.4. The highest BCUT2D eigenvalue weighted by atomic mass is 16.5. The number of hydrogen-bond donors (Lipinski definition) is 0. The maximum absolute atomic E-state index is 12.4. The molecule has 0 bridgehead atoms. The number of amides is 2. The van der Waals surface area contributed by atoms with E-state index in [9.17, 15) is 9.59 Å². The van der Waals surface area contributed by atoms with Gasteiger partial charge in [-0.2, -0.15) is 0 Å². The number of rotatable bonds is 2. The minimum Gasteiger partial charge on any atom is -0.378 e. The van der Waals surface area contributed by atoms with Gasteiger partial charge in [0.1, 0.15) is 5.54 Å². The third-order valence-corrected chi connectivity index (χ3v) is 3.58. The van der Waals surface area contributed by atoms with E-state index in [2.05, 4.69) is 0 Å². The van der Waals surface area contributed by atoms with Crippen LogP contribution >= 0.6 is 0 Å². The predicted octanol–water partition coefficient (Wildman–Crippen LogP) is -0.144. The van der Waals surface area contributed by atoms with Crippen molar-refractivity contribution in [3.63, 3.8) is 0 Å². The first-order valence-electron chi connectivity index (χ1n) is 5.77. The highest BCUT2D eigenvalue weighted by molar-refractivity contribution is 5.88. The van der Waals surface area contributed by atoms with Gasteiger partial charge in [0.05, 0.1) is 13.2 Å². The Morgan fingerprint density at radius 2 is 2.00 bits per heavy atom. The molecule has 2 rings (SSSR count). The highest BCUT2D eigenvalue weighted by Gasteiger charge is 2.44. The standard InChI is InChI=1S/C11H18N2O3/c1-11(3-2-4-13(11)9-14)10(15)12-5-7-16-8-6-12/h9H,2-8H2,1H3. The molecule has 16 heavy (non-hydrogen) atoms. The molecule has 0 aromatic rings. The maximum Gasteiger partial charge on any atom is 0.248 e. The number of carbonyl (C=O) groups is 2. The molecular weight excluding hydrogens is 208 g/mol. The third kappa shape index (κ3) is 1.80. The number of morpholine rings is 1. The van der Waals surface area contributed by atoms with Crippen LogP contribution in [-0.4, -0.2) is 60.5 Å². The molecule has 2 aliphatic rings. The minimum atomic E-state index is -0.626. The van der Waals surface area contributed by atoms with Crippen LogP contribution in [0.1, 0.15) is 19.8 Å². The zero-order valence-electron chi connectivity index (χ0n) is 9.65. The van der Waals surface area contributed by atoms with E-state index in [4.69, 9.17) is 4.74 Å². The van der Waals surface area contributed by atoms with E-state index in [0.29, 0.717) is 32.8 Å². The lowest BCUT2D eigenvalue weighted by Crippen LogP contribution is -2.56. The molecule has 5 heteroatoms. The van der Waals surface area contributed by atoms with Crippen molar-refractivity contribution >= 4 is 12.3 Å². The molecule has 2 heterocycles. The summed E-state index contributed by atoms with van der Waals surface area (Å²) in [5.74, 6) is 0.0698. The van der Waals surface area contributed by atoms with E-state index >= 15 is 0 Å². The second kappa shape index (κ2) is 4.41. The van der Waals surface area contributed by atoms with Crippen molar-refractivity contribution in [2.75, 3.05) is 32.8 Å². The summed E-state index contributed by atoms with van der Waals surface area (Å²) in [4.78, 5) is 26.7. The molecule has 2 amide bonds. The lowest BCUT2D eigenvalue weighted by molar-refractivity contribution is -0.149. The fourth-order valence-corrected chi connectivity index (χ4v) is 2.49. The molecule has 2 aliphatic heterocycles. The van der Waals surface area contributed by atoms with Gasteiger partial charge >= 0.3 is 0 Å². The Balaban J connectivity index is 2.09. The van der Waals surface area contributed by atoms with Crippen molar-refractivity contribution in [1.82, 2.24) is 9.80 Å². The number of ether oxygens (including phenoxy) is 1. The van der Waals surface area contributed by atoms with Crippen molar-refractivity contribution in [3.8, 4) is 0 Å². The second-order valence-electron chi connectivity index (χ2n) is 4.58. The van der Waals surface area contributed by atoms with Gasteiger partial charge < -0.3 is 14.5 Å². The normalized spacial score (nSPS) is 30.6. The Morgan fingerprint density at radius 1 is 1.31 bits per heavy atom. The summed E-state index contributed by atoms with van der Waals surface area (Å²) in [6.07, 6.45) is 2.47. The van der Waals surface area contributed by atoms with Crippen LogP contribution in [0.25, 0.3) is 0 Å². The largest absolute Gasteiger partial charge is 0.378 e. The van der Waals surface area contributed by atoms with E-state index in [0.717, 1.165) is 19.3 Å². The lowest BCUT2D eigenvalue weighted by atomic mass is 9.97. The number of nitrogens with zero attached hydrogens (tertiary/aromatic N) is 2. The zero-order valence-corrected chi connectivity index (χ0v) is 9.65. The fourth-order valence-electron chi connectivity index (χ4n) is 2.49. The van der Waals surface area contributed by atoms with Gasteiger partial charge in [0, 0.05) is 19.6 Å². The Labute approximate surface area is 95.3 Å². The van der Waals surface area contributed by atoms with Crippen molar-refractivity contribution < 1.29 is 14.3 Å². The van der Waals surface area contributed by atoms with Gasteiger partial charge in [-0.1, -0.05) is 0 Å². The number of carbonyl (C=O) groups excluding carboxylic acids is 2. The van der Waals surface area contributed by atoms with E-state index in [1.54, 1.807) is 4.90 Å². The summed E-state index contributed by atoms with van der Waals surface area (Å²) in [7, 11) is 0. The van der Waals surface area contributed by atoms with E-state index in [-0.39, 0.29) is 5.91 Å². The molecule has 0 saturated carbocycles. The summed E-state index contributed by atoms with van der Waals surface area (Å²) in [5, 5.41) is 0. The second-order valence-corrected chi connectivity index (χ2v) is 4.58. The molecule has 0 aromatic heterocycles. The quantitative estimate of drug-likeness (QED) is 0.616. The summed E-state index contributed by atoms with van der Waals surface area (Å²) in [6.45, 7) is 5.04. The van der Waals surface area contributed by atoms with Crippen molar-refractivity contribution in [2.45, 2.75) is 25.3 Å². The molecule has 1 unspecified atom stereocenters. The molecule has 1 atom stereocenters. The van der Waals surface area contributed by atoms with Gasteiger partial charge in [-0.15, -0.1) is 0 Å². The number of hydrogen-bond acceptors (Lipinski definition) is 3. The van der Waals surface area contributed by atoms with Crippen molar-refractivity contribution in [1.29, 1.82) is 0 Å². The topological polar surface area (TPSA) is 49.9 Å². The molecule has 0 radical (unpaired) electrons. The minimum absolute atomic E-state index is 0.0698. The molecule has 2 fully saturated rings. The Bertz CT molecular complexity index is 289. The summed E-state index contributed by atoms with van der Waals surface area (Å²) >= 11 is 0. The smallest absolute Gasteiger partial charge is 0.248 e. The Kier molecular flexibility index (Phi) is 3.14. The third-order valence-electron chi connectivity index (χ3n) is 3.58. The Morgan fingerprint density at radius 3 is 2.62 bits per heavy atom. The summed E-state index contributed by atoms with van der Waals surface area (Å²) in [6, 6.07) is 0. The molecule has 0 N–H and O–H groups in total. The average Bonchev–Trinajstić information content (AvgIpc) is 2.72. The first-order valence-corrected chi connectivity index (χ1v) is 5.77.